The number of aromatic nitrogens is 1. The first kappa shape index (κ1) is 18.7. The molecule has 1 aliphatic carbocycles. The second-order valence-electron chi connectivity index (χ2n) is 8.28. The van der Waals surface area contributed by atoms with Crippen molar-refractivity contribution in [2.45, 2.75) is 38.0 Å². The number of hydrogen-bond donors (Lipinski definition) is 1. The van der Waals surface area contributed by atoms with Crippen LogP contribution in [0.4, 0.5) is 5.82 Å². The molecule has 1 aliphatic heterocycles. The number of nitrogens with one attached hydrogen (secondary N) is 1. The van der Waals surface area contributed by atoms with Gasteiger partial charge in [-0.05, 0) is 59.7 Å². The number of anilines is 1. The molecule has 3 aromatic rings. The van der Waals surface area contributed by atoms with E-state index in [0.29, 0.717) is 17.5 Å². The molecular formula is C25H26N2O3. The second-order valence-corrected chi connectivity index (χ2v) is 8.28. The molecule has 30 heavy (non-hydrogen) atoms. The average Bonchev–Trinajstić information content (AvgIpc) is 3.45. The summed E-state index contributed by atoms with van der Waals surface area (Å²) in [5, 5.41) is 3.00. The Bertz CT molecular complexity index is 1110. The third-order valence-corrected chi connectivity index (χ3v) is 6.01. The minimum Gasteiger partial charge on any atom is -0.454 e. The first-order valence-corrected chi connectivity index (χ1v) is 10.3. The van der Waals surface area contributed by atoms with Crippen LogP contribution in [0.2, 0.25) is 0 Å². The molecule has 0 spiro atoms. The summed E-state index contributed by atoms with van der Waals surface area (Å²) in [4.78, 5) is 17.6. The smallest absolute Gasteiger partial charge is 0.236 e. The zero-order valence-electron chi connectivity index (χ0n) is 17.1. The van der Waals surface area contributed by atoms with Crippen LogP contribution in [0.25, 0.3) is 11.1 Å². The van der Waals surface area contributed by atoms with Gasteiger partial charge < -0.3 is 14.8 Å². The van der Waals surface area contributed by atoms with Gasteiger partial charge in [0.25, 0.3) is 0 Å². The zero-order valence-corrected chi connectivity index (χ0v) is 17.1. The molecule has 0 saturated heterocycles. The summed E-state index contributed by atoms with van der Waals surface area (Å²) in [5.41, 5.74) is 3.97. The van der Waals surface area contributed by atoms with E-state index in [1.54, 1.807) is 0 Å². The molecule has 1 saturated carbocycles. The van der Waals surface area contributed by atoms with Crippen LogP contribution < -0.4 is 14.8 Å². The monoisotopic (exact) mass is 402 g/mol. The Morgan fingerprint density at radius 3 is 2.60 bits per heavy atom. The van der Waals surface area contributed by atoms with Crippen molar-refractivity contribution in [2.24, 2.45) is 0 Å². The van der Waals surface area contributed by atoms with Crippen molar-refractivity contribution >= 4 is 11.7 Å². The predicted octanol–water partition coefficient (Wildman–Crippen LogP) is 5.52. The van der Waals surface area contributed by atoms with Crippen LogP contribution in [-0.4, -0.2) is 17.7 Å². The van der Waals surface area contributed by atoms with Gasteiger partial charge in [-0.25, -0.2) is 4.98 Å². The van der Waals surface area contributed by atoms with Crippen LogP contribution in [0.3, 0.4) is 0 Å². The topological polar surface area (TPSA) is 60.5 Å². The molecule has 154 valence electrons. The van der Waals surface area contributed by atoms with Gasteiger partial charge in [0.15, 0.2) is 11.5 Å². The number of carbonyl (C=O) groups excluding carboxylic acids is 1. The van der Waals surface area contributed by atoms with E-state index in [0.717, 1.165) is 29.7 Å². The molecule has 1 aromatic heterocycles. The van der Waals surface area contributed by atoms with Gasteiger partial charge in [-0.3, -0.25) is 4.79 Å². The number of hydrogen-bond acceptors (Lipinski definition) is 4. The van der Waals surface area contributed by atoms with Crippen molar-refractivity contribution < 1.29 is 15.7 Å². The Kier molecular flexibility index (Phi) is 4.46. The van der Waals surface area contributed by atoms with Gasteiger partial charge >= 0.3 is 0 Å². The molecule has 5 heteroatoms. The number of benzene rings is 2. The van der Waals surface area contributed by atoms with Crippen LogP contribution in [-0.2, 0) is 10.2 Å². The molecule has 0 atom stereocenters. The number of nitrogens with zero attached hydrogens (tertiary/aromatic N) is 1. The minimum atomic E-state index is -0.508. The number of rotatable bonds is 5. The van der Waals surface area contributed by atoms with E-state index in [9.17, 15) is 4.79 Å². The van der Waals surface area contributed by atoms with E-state index in [2.05, 4.69) is 42.3 Å². The fourth-order valence-corrected chi connectivity index (χ4v) is 4.09. The lowest BCUT2D eigenvalue weighted by atomic mass is 9.93. The van der Waals surface area contributed by atoms with Gasteiger partial charge in [-0.1, -0.05) is 44.2 Å². The van der Waals surface area contributed by atoms with Crippen LogP contribution in [0, 0.1) is 0 Å². The van der Waals surface area contributed by atoms with Crippen LogP contribution in [0.15, 0.2) is 60.8 Å². The van der Waals surface area contributed by atoms with Crippen LogP contribution >= 0.6 is 0 Å². The van der Waals surface area contributed by atoms with E-state index in [4.69, 9.17) is 9.47 Å². The van der Waals surface area contributed by atoms with Gasteiger partial charge in [0.05, 0.1) is 5.41 Å². The highest BCUT2D eigenvalue weighted by Crippen LogP contribution is 2.51. The van der Waals surface area contributed by atoms with Crippen LogP contribution in [0.5, 0.6) is 11.5 Å². The normalized spacial score (nSPS) is 15.8. The maximum atomic E-state index is 13.1. The van der Waals surface area contributed by atoms with Crippen molar-refractivity contribution in [1.82, 2.24) is 4.98 Å². The molecule has 1 amide bonds. The Balaban J connectivity index is 0.00000231. The van der Waals surface area contributed by atoms with Crippen molar-refractivity contribution in [1.29, 1.82) is 0 Å². The highest BCUT2D eigenvalue weighted by molar-refractivity contribution is 6.01. The zero-order chi connectivity index (χ0) is 20.7. The fourth-order valence-electron chi connectivity index (χ4n) is 4.09. The fraction of sp³-hybridized carbons (Fsp3) is 0.280. The average molecular weight is 402 g/mol. The Labute approximate surface area is 177 Å². The highest BCUT2D eigenvalue weighted by atomic mass is 16.7. The van der Waals surface area contributed by atoms with E-state index >= 15 is 0 Å². The van der Waals surface area contributed by atoms with E-state index in [-0.39, 0.29) is 14.1 Å². The molecule has 0 unspecified atom stereocenters. The predicted molar refractivity (Wildman–Crippen MR) is 118 cm³/mol. The van der Waals surface area contributed by atoms with E-state index < -0.39 is 5.41 Å². The molecule has 2 aliphatic rings. The summed E-state index contributed by atoms with van der Waals surface area (Å²) in [6.07, 6.45) is 3.47. The molecule has 1 N–H and O–H groups in total. The SMILES string of the molecule is CC(C)c1ccccc1-c1ccc(NC(=O)C2(c3ccc4c(c3)OCO4)CC2)nc1.[HH]. The lowest BCUT2D eigenvalue weighted by Crippen LogP contribution is -2.28. The highest BCUT2D eigenvalue weighted by Gasteiger charge is 2.51. The molecular weight excluding hydrogens is 376 g/mol. The van der Waals surface area contributed by atoms with E-state index in [1.807, 2.05) is 42.6 Å². The van der Waals surface area contributed by atoms with Crippen molar-refractivity contribution in [3.05, 3.63) is 71.9 Å². The summed E-state index contributed by atoms with van der Waals surface area (Å²) < 4.78 is 10.9. The number of amides is 1. The molecule has 1 fully saturated rings. The van der Waals surface area contributed by atoms with Gasteiger partial charge in [0, 0.05) is 13.2 Å². The van der Waals surface area contributed by atoms with Crippen LogP contribution in [0.1, 0.15) is 45.2 Å². The summed E-state index contributed by atoms with van der Waals surface area (Å²) in [7, 11) is 0. The standard InChI is InChI=1S/C25H24N2O3.H2/c1-16(2)19-5-3-4-6-20(19)17-7-10-23(26-14-17)27-24(28)25(11-12-25)18-8-9-21-22(13-18)30-15-29-21;/h3-10,13-14,16H,11-12,15H2,1-2H3,(H,26,27,28);1H. The largest absolute Gasteiger partial charge is 0.454 e. The number of carbonyl (C=O) groups is 1. The summed E-state index contributed by atoms with van der Waals surface area (Å²) >= 11 is 0. The number of ether oxygens (including phenoxy) is 2. The first-order chi connectivity index (χ1) is 14.6. The summed E-state index contributed by atoms with van der Waals surface area (Å²) in [5.74, 6) is 2.41. The Morgan fingerprint density at radius 1 is 1.07 bits per heavy atom. The first-order valence-electron chi connectivity index (χ1n) is 10.3. The minimum absolute atomic E-state index is 0. The molecule has 5 rings (SSSR count). The molecule has 2 aromatic carbocycles. The third-order valence-electron chi connectivity index (χ3n) is 6.01. The van der Waals surface area contributed by atoms with Gasteiger partial charge in [-0.15, -0.1) is 0 Å². The lowest BCUT2D eigenvalue weighted by Gasteiger charge is -2.16. The molecule has 0 bridgehead atoms. The van der Waals surface area contributed by atoms with Gasteiger partial charge in [0.2, 0.25) is 12.7 Å². The quantitative estimate of drug-likeness (QED) is 0.611. The van der Waals surface area contributed by atoms with Crippen molar-refractivity contribution in [3.8, 4) is 22.6 Å². The molecule has 5 nitrogen and oxygen atoms in total. The second kappa shape index (κ2) is 7.17. The maximum absolute atomic E-state index is 13.1. The molecule has 2 heterocycles. The molecule has 0 radical (unpaired) electrons. The number of pyridine rings is 1. The third kappa shape index (κ3) is 3.20. The van der Waals surface area contributed by atoms with Gasteiger partial charge in [-0.2, -0.15) is 0 Å². The Hall–Kier alpha value is -3.34. The lowest BCUT2D eigenvalue weighted by molar-refractivity contribution is -0.118. The van der Waals surface area contributed by atoms with Gasteiger partial charge in [0.1, 0.15) is 5.82 Å². The maximum Gasteiger partial charge on any atom is 0.236 e. The number of fused-ring (bicyclic) bond motifs is 1. The van der Waals surface area contributed by atoms with Crippen molar-refractivity contribution in [2.75, 3.05) is 12.1 Å². The van der Waals surface area contributed by atoms with Crippen molar-refractivity contribution in [3.63, 3.8) is 0 Å². The van der Waals surface area contributed by atoms with E-state index in [1.165, 1.54) is 11.1 Å². The summed E-state index contributed by atoms with van der Waals surface area (Å²) in [6, 6.07) is 18.0. The summed E-state index contributed by atoms with van der Waals surface area (Å²) in [6.45, 7) is 4.60. The Morgan fingerprint density at radius 2 is 1.87 bits per heavy atom.